The summed E-state index contributed by atoms with van der Waals surface area (Å²) in [6.07, 6.45) is 1.08. The third-order valence-electron chi connectivity index (χ3n) is 3.21. The predicted molar refractivity (Wildman–Crippen MR) is 77.3 cm³/mol. The van der Waals surface area contributed by atoms with Crippen LogP contribution in [0.2, 0.25) is 0 Å². The molecule has 0 aliphatic carbocycles. The number of benzene rings is 1. The van der Waals surface area contributed by atoms with Gasteiger partial charge in [0.25, 0.3) is 0 Å². The summed E-state index contributed by atoms with van der Waals surface area (Å²) in [7, 11) is 1.72. The van der Waals surface area contributed by atoms with Crippen molar-refractivity contribution in [2.24, 2.45) is 0 Å². The van der Waals surface area contributed by atoms with Crippen LogP contribution < -0.4 is 0 Å². The lowest BCUT2D eigenvalue weighted by molar-refractivity contribution is -0.132. The summed E-state index contributed by atoms with van der Waals surface area (Å²) >= 11 is 1.63. The molecule has 0 radical (unpaired) electrons. The first-order valence-corrected chi connectivity index (χ1v) is 7.14. The number of fused-ring (bicyclic) bond motifs is 1. The first kappa shape index (κ1) is 14.0. The number of aliphatic hydroxyl groups is 1. The van der Waals surface area contributed by atoms with Crippen molar-refractivity contribution in [2.75, 3.05) is 13.7 Å². The van der Waals surface area contributed by atoms with Crippen LogP contribution in [0.25, 0.3) is 10.2 Å². The first-order chi connectivity index (χ1) is 9.11. The summed E-state index contributed by atoms with van der Waals surface area (Å²) in [6.45, 7) is 1.82. The van der Waals surface area contributed by atoms with E-state index in [1.54, 1.807) is 23.3 Å². The molecule has 0 aliphatic rings. The Bertz CT molecular complexity index is 534. The third kappa shape index (κ3) is 3.30. The molecule has 1 unspecified atom stereocenters. The monoisotopic (exact) mass is 278 g/mol. The Morgan fingerprint density at radius 1 is 1.47 bits per heavy atom. The van der Waals surface area contributed by atoms with Crippen LogP contribution in [0, 0.1) is 0 Å². The van der Waals surface area contributed by atoms with Gasteiger partial charge < -0.3 is 10.0 Å². The van der Waals surface area contributed by atoms with Crippen LogP contribution in [0.15, 0.2) is 24.3 Å². The quantitative estimate of drug-likeness (QED) is 0.911. The van der Waals surface area contributed by atoms with Crippen molar-refractivity contribution in [3.8, 4) is 0 Å². The summed E-state index contributed by atoms with van der Waals surface area (Å²) in [6, 6.07) is 7.85. The number of hydrogen-bond acceptors (Lipinski definition) is 4. The van der Waals surface area contributed by atoms with Gasteiger partial charge in [0.15, 0.2) is 0 Å². The maximum absolute atomic E-state index is 11.9. The normalized spacial score (nSPS) is 12.6. The highest BCUT2D eigenvalue weighted by molar-refractivity contribution is 7.18. The number of aromatic nitrogens is 1. The lowest BCUT2D eigenvalue weighted by Gasteiger charge is -2.22. The minimum Gasteiger partial charge on any atom is -0.394 e. The molecule has 0 saturated heterocycles. The molecule has 0 aliphatic heterocycles. The zero-order valence-electron chi connectivity index (χ0n) is 11.2. The van der Waals surface area contributed by atoms with Gasteiger partial charge in [-0.1, -0.05) is 12.1 Å². The molecule has 2 rings (SSSR count). The van der Waals surface area contributed by atoms with E-state index >= 15 is 0 Å². The van der Waals surface area contributed by atoms with Crippen molar-refractivity contribution in [2.45, 2.75) is 25.8 Å². The summed E-state index contributed by atoms with van der Waals surface area (Å²) < 4.78 is 1.15. The molecule has 1 aromatic carbocycles. The predicted octanol–water partition coefficient (Wildman–Crippen LogP) is 2.07. The van der Waals surface area contributed by atoms with Crippen molar-refractivity contribution >= 4 is 27.5 Å². The van der Waals surface area contributed by atoms with Crippen LogP contribution in [0.1, 0.15) is 18.4 Å². The SMILES string of the molecule is CC(CO)N(C)C(=O)CCc1nc2ccccc2s1. The molecule has 4 nitrogen and oxygen atoms in total. The Hall–Kier alpha value is -1.46. The van der Waals surface area contributed by atoms with E-state index in [0.29, 0.717) is 12.8 Å². The topological polar surface area (TPSA) is 53.4 Å². The first-order valence-electron chi connectivity index (χ1n) is 6.32. The third-order valence-corrected chi connectivity index (χ3v) is 4.31. The Labute approximate surface area is 116 Å². The average Bonchev–Trinajstić information content (AvgIpc) is 2.85. The van der Waals surface area contributed by atoms with Crippen molar-refractivity contribution in [1.82, 2.24) is 9.88 Å². The van der Waals surface area contributed by atoms with Gasteiger partial charge in [-0.15, -0.1) is 11.3 Å². The molecule has 0 saturated carbocycles. The molecule has 1 amide bonds. The van der Waals surface area contributed by atoms with Gasteiger partial charge >= 0.3 is 0 Å². The van der Waals surface area contributed by atoms with E-state index in [-0.39, 0.29) is 18.6 Å². The van der Waals surface area contributed by atoms with E-state index in [1.165, 1.54) is 0 Å². The maximum Gasteiger partial charge on any atom is 0.223 e. The van der Waals surface area contributed by atoms with E-state index < -0.39 is 0 Å². The van der Waals surface area contributed by atoms with Crippen LogP contribution >= 0.6 is 11.3 Å². The second kappa shape index (κ2) is 6.12. The minimum absolute atomic E-state index is 0.0105. The highest BCUT2D eigenvalue weighted by Gasteiger charge is 2.15. The van der Waals surface area contributed by atoms with Crippen molar-refractivity contribution in [3.63, 3.8) is 0 Å². The van der Waals surface area contributed by atoms with Crippen LogP contribution in [0.5, 0.6) is 0 Å². The fourth-order valence-electron chi connectivity index (χ4n) is 1.79. The molecule has 0 spiro atoms. The molecule has 1 aromatic heterocycles. The zero-order chi connectivity index (χ0) is 13.8. The molecule has 0 fully saturated rings. The summed E-state index contributed by atoms with van der Waals surface area (Å²) in [5, 5.41) is 10.0. The average molecular weight is 278 g/mol. The van der Waals surface area contributed by atoms with Crippen LogP contribution in [-0.2, 0) is 11.2 Å². The minimum atomic E-state index is -0.136. The summed E-state index contributed by atoms with van der Waals surface area (Å²) in [5.74, 6) is 0.0424. The maximum atomic E-state index is 11.9. The summed E-state index contributed by atoms with van der Waals surface area (Å²) in [5.41, 5.74) is 0.993. The summed E-state index contributed by atoms with van der Waals surface area (Å²) in [4.78, 5) is 18.0. The highest BCUT2D eigenvalue weighted by Crippen LogP contribution is 2.22. The van der Waals surface area contributed by atoms with E-state index in [1.807, 2.05) is 31.2 Å². The number of rotatable bonds is 5. The van der Waals surface area contributed by atoms with Gasteiger partial charge in [-0.3, -0.25) is 4.79 Å². The Balaban J connectivity index is 1.96. The van der Waals surface area contributed by atoms with Gasteiger partial charge in [0, 0.05) is 19.9 Å². The Morgan fingerprint density at radius 2 is 2.21 bits per heavy atom. The lowest BCUT2D eigenvalue weighted by atomic mass is 10.2. The number of carbonyl (C=O) groups excluding carboxylic acids is 1. The molecule has 2 aromatic rings. The van der Waals surface area contributed by atoms with Crippen LogP contribution in [-0.4, -0.2) is 40.6 Å². The molecule has 102 valence electrons. The molecule has 0 bridgehead atoms. The number of nitrogens with zero attached hydrogens (tertiary/aromatic N) is 2. The van der Waals surface area contributed by atoms with Crippen molar-refractivity contribution in [1.29, 1.82) is 0 Å². The second-order valence-corrected chi connectivity index (χ2v) is 5.73. The van der Waals surface area contributed by atoms with Crippen molar-refractivity contribution in [3.05, 3.63) is 29.3 Å². The van der Waals surface area contributed by atoms with Gasteiger partial charge in [0.1, 0.15) is 0 Å². The Morgan fingerprint density at radius 3 is 2.89 bits per heavy atom. The number of carbonyl (C=O) groups is 1. The van der Waals surface area contributed by atoms with Crippen molar-refractivity contribution < 1.29 is 9.90 Å². The van der Waals surface area contributed by atoms with E-state index in [0.717, 1.165) is 15.2 Å². The van der Waals surface area contributed by atoms with Gasteiger partial charge in [-0.25, -0.2) is 4.98 Å². The molecule has 1 N–H and O–H groups in total. The second-order valence-electron chi connectivity index (χ2n) is 4.61. The van der Waals surface area contributed by atoms with E-state index in [4.69, 9.17) is 5.11 Å². The molecular weight excluding hydrogens is 260 g/mol. The number of amides is 1. The van der Waals surface area contributed by atoms with Crippen LogP contribution in [0.4, 0.5) is 0 Å². The fraction of sp³-hybridized carbons (Fsp3) is 0.429. The smallest absolute Gasteiger partial charge is 0.223 e. The number of likely N-dealkylation sites (N-methyl/N-ethyl adjacent to an activating group) is 1. The number of hydrogen-bond donors (Lipinski definition) is 1. The molecule has 1 heterocycles. The standard InChI is InChI=1S/C14H18N2O2S/c1-10(9-17)16(2)14(18)8-7-13-15-11-5-3-4-6-12(11)19-13/h3-6,10,17H,7-9H2,1-2H3. The number of para-hydroxylation sites is 1. The van der Waals surface area contributed by atoms with E-state index in [2.05, 4.69) is 4.98 Å². The largest absolute Gasteiger partial charge is 0.394 e. The molecular formula is C14H18N2O2S. The lowest BCUT2D eigenvalue weighted by Crippen LogP contribution is -2.37. The molecule has 1 atom stereocenters. The van der Waals surface area contributed by atoms with Gasteiger partial charge in [0.05, 0.1) is 27.9 Å². The highest BCUT2D eigenvalue weighted by atomic mass is 32.1. The Kier molecular flexibility index (Phi) is 4.50. The molecule has 5 heteroatoms. The number of aliphatic hydroxyl groups excluding tert-OH is 1. The zero-order valence-corrected chi connectivity index (χ0v) is 12.0. The fourth-order valence-corrected chi connectivity index (χ4v) is 2.75. The number of aryl methyl sites for hydroxylation is 1. The molecule has 19 heavy (non-hydrogen) atoms. The van der Waals surface area contributed by atoms with Gasteiger partial charge in [-0.2, -0.15) is 0 Å². The number of thiazole rings is 1. The van der Waals surface area contributed by atoms with E-state index in [9.17, 15) is 4.79 Å². The van der Waals surface area contributed by atoms with Crippen LogP contribution in [0.3, 0.4) is 0 Å². The van der Waals surface area contributed by atoms with Gasteiger partial charge in [0.2, 0.25) is 5.91 Å². The van der Waals surface area contributed by atoms with Gasteiger partial charge in [-0.05, 0) is 19.1 Å².